The van der Waals surface area contributed by atoms with Crippen LogP contribution >= 0.6 is 0 Å². The van der Waals surface area contributed by atoms with Crippen molar-refractivity contribution in [3.05, 3.63) is 42.0 Å². The molecule has 0 bridgehead atoms. The Morgan fingerprint density at radius 1 is 1.42 bits per heavy atom. The maximum atomic E-state index is 10.8. The molecule has 0 radical (unpaired) electrons. The molecular formula is C13H14N2O4. The Morgan fingerprint density at radius 3 is 2.79 bits per heavy atom. The van der Waals surface area contributed by atoms with Gasteiger partial charge in [0.15, 0.2) is 5.69 Å². The summed E-state index contributed by atoms with van der Waals surface area (Å²) < 4.78 is 12.3. The summed E-state index contributed by atoms with van der Waals surface area (Å²) in [7, 11) is 3.31. The lowest BCUT2D eigenvalue weighted by Crippen LogP contribution is -2.03. The number of hydrogen-bond donors (Lipinski definition) is 1. The summed E-state index contributed by atoms with van der Waals surface area (Å²) >= 11 is 0. The SMILES string of the molecule is COc1cccc(OCc2nc(C(=O)O)cn2C)c1. The van der Waals surface area contributed by atoms with Gasteiger partial charge < -0.3 is 19.1 Å². The number of carboxylic acids is 1. The van der Waals surface area contributed by atoms with Gasteiger partial charge in [0, 0.05) is 19.3 Å². The lowest BCUT2D eigenvalue weighted by molar-refractivity contribution is 0.0690. The minimum absolute atomic E-state index is 0.00624. The van der Waals surface area contributed by atoms with E-state index in [-0.39, 0.29) is 12.3 Å². The number of carboxylic acid groups (broad SMARTS) is 1. The minimum Gasteiger partial charge on any atom is -0.497 e. The summed E-state index contributed by atoms with van der Waals surface area (Å²) in [5.74, 6) is 0.825. The second kappa shape index (κ2) is 5.43. The Morgan fingerprint density at radius 2 is 2.16 bits per heavy atom. The highest BCUT2D eigenvalue weighted by atomic mass is 16.5. The number of hydrogen-bond acceptors (Lipinski definition) is 4. The van der Waals surface area contributed by atoms with Crippen molar-refractivity contribution < 1.29 is 19.4 Å². The predicted molar refractivity (Wildman–Crippen MR) is 67.5 cm³/mol. The van der Waals surface area contributed by atoms with Crippen LogP contribution in [0.25, 0.3) is 0 Å². The summed E-state index contributed by atoms with van der Waals surface area (Å²) in [6.07, 6.45) is 1.45. The van der Waals surface area contributed by atoms with Crippen LogP contribution in [0, 0.1) is 0 Å². The second-order valence-corrected chi connectivity index (χ2v) is 3.93. The van der Waals surface area contributed by atoms with Gasteiger partial charge >= 0.3 is 5.97 Å². The number of aromatic nitrogens is 2. The van der Waals surface area contributed by atoms with E-state index in [1.165, 1.54) is 6.20 Å². The molecule has 0 aliphatic carbocycles. The van der Waals surface area contributed by atoms with Gasteiger partial charge in [-0.2, -0.15) is 0 Å². The van der Waals surface area contributed by atoms with Crippen LogP contribution in [0.15, 0.2) is 30.5 Å². The van der Waals surface area contributed by atoms with Gasteiger partial charge in [-0.25, -0.2) is 9.78 Å². The summed E-state index contributed by atoms with van der Waals surface area (Å²) in [5, 5.41) is 8.84. The molecule has 0 amide bonds. The normalized spacial score (nSPS) is 10.2. The van der Waals surface area contributed by atoms with Crippen molar-refractivity contribution >= 4 is 5.97 Å². The fourth-order valence-electron chi connectivity index (χ4n) is 1.58. The maximum Gasteiger partial charge on any atom is 0.356 e. The Bertz CT molecular complexity index is 592. The summed E-state index contributed by atoms with van der Waals surface area (Å²) in [5.41, 5.74) is 0.00624. The van der Waals surface area contributed by atoms with Crippen LogP contribution < -0.4 is 9.47 Å². The Labute approximate surface area is 110 Å². The highest BCUT2D eigenvalue weighted by Gasteiger charge is 2.11. The van der Waals surface area contributed by atoms with Crippen molar-refractivity contribution in [2.45, 2.75) is 6.61 Å². The Kier molecular flexibility index (Phi) is 3.70. The molecule has 2 aromatic rings. The van der Waals surface area contributed by atoms with Crippen molar-refractivity contribution in [2.75, 3.05) is 7.11 Å². The third-order valence-electron chi connectivity index (χ3n) is 2.60. The number of nitrogens with zero attached hydrogens (tertiary/aromatic N) is 2. The molecular weight excluding hydrogens is 248 g/mol. The van der Waals surface area contributed by atoms with Gasteiger partial charge in [-0.05, 0) is 12.1 Å². The van der Waals surface area contributed by atoms with Crippen LogP contribution in [0.1, 0.15) is 16.3 Å². The summed E-state index contributed by atoms with van der Waals surface area (Å²) in [4.78, 5) is 14.8. The molecule has 6 nitrogen and oxygen atoms in total. The molecule has 0 aliphatic heterocycles. The molecule has 0 saturated carbocycles. The van der Waals surface area contributed by atoms with E-state index in [0.717, 1.165) is 0 Å². The molecule has 19 heavy (non-hydrogen) atoms. The van der Waals surface area contributed by atoms with Crippen molar-refractivity contribution in [1.82, 2.24) is 9.55 Å². The van der Waals surface area contributed by atoms with E-state index in [1.807, 2.05) is 12.1 Å². The largest absolute Gasteiger partial charge is 0.497 e. The average molecular weight is 262 g/mol. The van der Waals surface area contributed by atoms with Crippen LogP contribution in [-0.4, -0.2) is 27.7 Å². The van der Waals surface area contributed by atoms with Gasteiger partial charge in [0.25, 0.3) is 0 Å². The summed E-state index contributed by atoms with van der Waals surface area (Å²) in [6.45, 7) is 0.191. The molecule has 1 heterocycles. The number of rotatable bonds is 5. The number of aromatic carboxylic acids is 1. The number of imidazole rings is 1. The highest BCUT2D eigenvalue weighted by Crippen LogP contribution is 2.19. The van der Waals surface area contributed by atoms with Gasteiger partial charge in [-0.3, -0.25) is 0 Å². The minimum atomic E-state index is -1.05. The molecule has 0 atom stereocenters. The number of methoxy groups -OCH3 is 1. The third-order valence-corrected chi connectivity index (χ3v) is 2.60. The quantitative estimate of drug-likeness (QED) is 0.887. The van der Waals surface area contributed by atoms with Crippen LogP contribution in [-0.2, 0) is 13.7 Å². The van der Waals surface area contributed by atoms with E-state index in [0.29, 0.717) is 17.3 Å². The zero-order valence-corrected chi connectivity index (χ0v) is 10.7. The van der Waals surface area contributed by atoms with E-state index in [4.69, 9.17) is 14.6 Å². The molecule has 0 unspecified atom stereocenters. The number of carbonyl (C=O) groups is 1. The fourth-order valence-corrected chi connectivity index (χ4v) is 1.58. The van der Waals surface area contributed by atoms with Gasteiger partial charge in [0.2, 0.25) is 0 Å². The van der Waals surface area contributed by atoms with Crippen molar-refractivity contribution in [1.29, 1.82) is 0 Å². The number of benzene rings is 1. The molecule has 1 aromatic carbocycles. The van der Waals surface area contributed by atoms with Gasteiger partial charge in [0.05, 0.1) is 7.11 Å². The molecule has 1 N–H and O–H groups in total. The second-order valence-electron chi connectivity index (χ2n) is 3.93. The number of aryl methyl sites for hydroxylation is 1. The first-order chi connectivity index (χ1) is 9.10. The number of ether oxygens (including phenoxy) is 2. The Balaban J connectivity index is 2.07. The van der Waals surface area contributed by atoms with Crippen molar-refractivity contribution in [3.63, 3.8) is 0 Å². The van der Waals surface area contributed by atoms with Gasteiger partial charge in [-0.1, -0.05) is 6.07 Å². The van der Waals surface area contributed by atoms with Crippen molar-refractivity contribution in [2.24, 2.45) is 7.05 Å². The summed E-state index contributed by atoms with van der Waals surface area (Å²) in [6, 6.07) is 7.18. The van der Waals surface area contributed by atoms with E-state index < -0.39 is 5.97 Å². The average Bonchev–Trinajstić information content (AvgIpc) is 2.78. The molecule has 0 saturated heterocycles. The third kappa shape index (κ3) is 3.04. The van der Waals surface area contributed by atoms with Crippen LogP contribution in [0.2, 0.25) is 0 Å². The fraction of sp³-hybridized carbons (Fsp3) is 0.231. The first-order valence-electron chi connectivity index (χ1n) is 5.62. The highest BCUT2D eigenvalue weighted by molar-refractivity contribution is 5.85. The zero-order valence-electron chi connectivity index (χ0n) is 10.7. The van der Waals surface area contributed by atoms with E-state index in [1.54, 1.807) is 30.9 Å². The first-order valence-corrected chi connectivity index (χ1v) is 5.62. The van der Waals surface area contributed by atoms with Crippen LogP contribution in [0.4, 0.5) is 0 Å². The molecule has 0 aliphatic rings. The molecule has 2 rings (SSSR count). The lowest BCUT2D eigenvalue weighted by atomic mass is 10.3. The van der Waals surface area contributed by atoms with Crippen LogP contribution in [0.3, 0.4) is 0 Å². The molecule has 1 aromatic heterocycles. The smallest absolute Gasteiger partial charge is 0.356 e. The molecule has 0 fully saturated rings. The van der Waals surface area contributed by atoms with Crippen LogP contribution in [0.5, 0.6) is 11.5 Å². The first kappa shape index (κ1) is 12.9. The maximum absolute atomic E-state index is 10.8. The van der Waals surface area contributed by atoms with E-state index in [2.05, 4.69) is 4.98 Å². The van der Waals surface area contributed by atoms with Crippen molar-refractivity contribution in [3.8, 4) is 11.5 Å². The Hall–Kier alpha value is -2.50. The monoisotopic (exact) mass is 262 g/mol. The zero-order chi connectivity index (χ0) is 13.8. The molecule has 6 heteroatoms. The van der Waals surface area contributed by atoms with Gasteiger partial charge in [-0.15, -0.1) is 0 Å². The van der Waals surface area contributed by atoms with Gasteiger partial charge in [0.1, 0.15) is 23.9 Å². The van der Waals surface area contributed by atoms with E-state index in [9.17, 15) is 4.79 Å². The lowest BCUT2D eigenvalue weighted by Gasteiger charge is -2.07. The predicted octanol–water partition coefficient (Wildman–Crippen LogP) is 1.71. The molecule has 0 spiro atoms. The standard InChI is InChI=1S/C13H14N2O4/c1-15-7-11(13(16)17)14-12(15)8-19-10-5-3-4-9(6-10)18-2/h3-7H,8H2,1-2H3,(H,16,17). The van der Waals surface area contributed by atoms with E-state index >= 15 is 0 Å². The topological polar surface area (TPSA) is 73.6 Å². The molecule has 100 valence electrons.